The topological polar surface area (TPSA) is 112 Å². The molecule has 34 heavy (non-hydrogen) atoms. The summed E-state index contributed by atoms with van der Waals surface area (Å²) in [6.07, 6.45) is 4.97. The van der Waals surface area contributed by atoms with E-state index in [-0.39, 0.29) is 17.5 Å². The van der Waals surface area contributed by atoms with Crippen molar-refractivity contribution in [2.24, 2.45) is 14.1 Å². The van der Waals surface area contributed by atoms with Crippen LogP contribution in [0.2, 0.25) is 0 Å². The average Bonchev–Trinajstić information content (AvgIpc) is 3.46. The van der Waals surface area contributed by atoms with Gasteiger partial charge < -0.3 is 10.6 Å². The van der Waals surface area contributed by atoms with Crippen LogP contribution in [0, 0.1) is 13.8 Å². The van der Waals surface area contributed by atoms with E-state index < -0.39 is 0 Å². The van der Waals surface area contributed by atoms with Gasteiger partial charge in [-0.05, 0) is 47.5 Å². The number of carbonyl (C=O) groups is 2. The van der Waals surface area contributed by atoms with Crippen LogP contribution in [0.4, 0.5) is 5.69 Å². The minimum absolute atomic E-state index is 0.265. The molecule has 0 atom stereocenters. The van der Waals surface area contributed by atoms with Gasteiger partial charge in [0.25, 0.3) is 11.8 Å². The second kappa shape index (κ2) is 9.64. The van der Waals surface area contributed by atoms with Crippen molar-refractivity contribution in [2.45, 2.75) is 26.9 Å². The molecular weight excluding hydrogens is 500 g/mol. The third kappa shape index (κ3) is 4.93. The van der Waals surface area contributed by atoms with E-state index in [1.807, 2.05) is 50.0 Å². The van der Waals surface area contributed by atoms with Gasteiger partial charge in [-0.3, -0.25) is 23.6 Å². The highest BCUT2D eigenvalue weighted by Gasteiger charge is 2.19. The molecule has 3 heterocycles. The van der Waals surface area contributed by atoms with Crippen molar-refractivity contribution in [3.05, 3.63) is 81.1 Å². The summed E-state index contributed by atoms with van der Waals surface area (Å²) in [4.78, 5) is 25.8. The molecule has 0 aliphatic carbocycles. The monoisotopic (exact) mass is 524 g/mol. The molecule has 0 aliphatic rings. The van der Waals surface area contributed by atoms with Crippen LogP contribution < -0.4 is 10.6 Å². The van der Waals surface area contributed by atoms with E-state index in [1.54, 1.807) is 24.0 Å². The van der Waals surface area contributed by atoms with E-state index in [0.717, 1.165) is 27.0 Å². The SMILES string of the molecule is Cc1nn(Cc2cccc(C(=O)Nc3cnn(C)c3C(=O)NCc3cnn(C)c3)c2)c(C)c1Br. The zero-order valence-electron chi connectivity index (χ0n) is 19.3. The molecule has 3 aromatic heterocycles. The molecule has 0 fully saturated rings. The van der Waals surface area contributed by atoms with Gasteiger partial charge in [0, 0.05) is 38.0 Å². The Kier molecular flexibility index (Phi) is 6.64. The van der Waals surface area contributed by atoms with E-state index in [0.29, 0.717) is 24.3 Å². The lowest BCUT2D eigenvalue weighted by Gasteiger charge is -2.10. The first-order chi connectivity index (χ1) is 16.2. The number of hydrogen-bond acceptors (Lipinski definition) is 5. The van der Waals surface area contributed by atoms with E-state index in [9.17, 15) is 9.59 Å². The molecule has 11 heteroatoms. The smallest absolute Gasteiger partial charge is 0.271 e. The number of nitrogens with zero attached hydrogens (tertiary/aromatic N) is 6. The molecule has 0 bridgehead atoms. The third-order valence-corrected chi connectivity index (χ3v) is 6.58. The fourth-order valence-corrected chi connectivity index (χ4v) is 3.92. The second-order valence-electron chi connectivity index (χ2n) is 8.03. The number of amides is 2. The van der Waals surface area contributed by atoms with Gasteiger partial charge in [0.2, 0.25) is 0 Å². The van der Waals surface area contributed by atoms with Gasteiger partial charge in [-0.2, -0.15) is 15.3 Å². The van der Waals surface area contributed by atoms with Crippen molar-refractivity contribution in [1.29, 1.82) is 0 Å². The van der Waals surface area contributed by atoms with Crippen LogP contribution in [0.15, 0.2) is 47.3 Å². The van der Waals surface area contributed by atoms with E-state index in [4.69, 9.17) is 0 Å². The van der Waals surface area contributed by atoms with Crippen LogP contribution in [-0.4, -0.2) is 41.2 Å². The first kappa shape index (κ1) is 23.4. The Morgan fingerprint density at radius 1 is 1.06 bits per heavy atom. The highest BCUT2D eigenvalue weighted by atomic mass is 79.9. The number of benzene rings is 1. The summed E-state index contributed by atoms with van der Waals surface area (Å²) < 4.78 is 5.97. The number of anilines is 1. The molecule has 4 rings (SSSR count). The number of aromatic nitrogens is 6. The number of rotatable bonds is 7. The van der Waals surface area contributed by atoms with Crippen LogP contribution in [0.25, 0.3) is 0 Å². The molecule has 10 nitrogen and oxygen atoms in total. The summed E-state index contributed by atoms with van der Waals surface area (Å²) in [6, 6.07) is 7.32. The van der Waals surface area contributed by atoms with Crippen LogP contribution in [0.1, 0.15) is 43.4 Å². The number of hydrogen-bond donors (Lipinski definition) is 2. The van der Waals surface area contributed by atoms with Crippen molar-refractivity contribution in [3.8, 4) is 0 Å². The van der Waals surface area contributed by atoms with Crippen LogP contribution in [-0.2, 0) is 27.2 Å². The molecular formula is C23H25BrN8O2. The molecule has 0 radical (unpaired) electrons. The molecule has 0 saturated heterocycles. The Balaban J connectivity index is 1.47. The fourth-order valence-electron chi connectivity index (χ4n) is 3.63. The van der Waals surface area contributed by atoms with Crippen molar-refractivity contribution >= 4 is 33.4 Å². The first-order valence-electron chi connectivity index (χ1n) is 10.6. The summed E-state index contributed by atoms with van der Waals surface area (Å²) in [5.41, 5.74) is 4.82. The summed E-state index contributed by atoms with van der Waals surface area (Å²) >= 11 is 3.54. The van der Waals surface area contributed by atoms with Crippen molar-refractivity contribution in [2.75, 3.05) is 5.32 Å². The highest BCUT2D eigenvalue weighted by molar-refractivity contribution is 9.10. The minimum atomic E-state index is -0.344. The summed E-state index contributed by atoms with van der Waals surface area (Å²) in [5.74, 6) is -0.672. The molecule has 2 amide bonds. The third-order valence-electron chi connectivity index (χ3n) is 5.43. The predicted octanol–water partition coefficient (Wildman–Crippen LogP) is 2.96. The normalized spacial score (nSPS) is 11.0. The molecule has 0 spiro atoms. The number of nitrogens with one attached hydrogen (secondary N) is 2. The first-order valence-corrected chi connectivity index (χ1v) is 11.4. The van der Waals surface area contributed by atoms with Gasteiger partial charge in [-0.1, -0.05) is 12.1 Å². The van der Waals surface area contributed by atoms with Crippen molar-refractivity contribution in [1.82, 2.24) is 34.7 Å². The minimum Gasteiger partial charge on any atom is -0.346 e. The van der Waals surface area contributed by atoms with Gasteiger partial charge in [0.15, 0.2) is 0 Å². The maximum Gasteiger partial charge on any atom is 0.271 e. The lowest BCUT2D eigenvalue weighted by molar-refractivity contribution is 0.0942. The number of halogens is 1. The zero-order valence-corrected chi connectivity index (χ0v) is 20.9. The Labute approximate surface area is 205 Å². The lowest BCUT2D eigenvalue weighted by Crippen LogP contribution is -2.26. The standard InChI is InChI=1S/C23H25BrN8O2/c1-14-20(24)15(2)32(29-14)13-16-6-5-7-18(8-16)22(33)28-19-11-27-31(4)21(19)23(34)25-9-17-10-26-30(3)12-17/h5-8,10-12H,9,13H2,1-4H3,(H,25,34)(H,28,33). The van der Waals surface area contributed by atoms with Gasteiger partial charge in [0.1, 0.15) is 5.69 Å². The molecule has 176 valence electrons. The van der Waals surface area contributed by atoms with E-state index >= 15 is 0 Å². The predicted molar refractivity (Wildman–Crippen MR) is 130 cm³/mol. The molecule has 0 unspecified atom stereocenters. The van der Waals surface area contributed by atoms with E-state index in [2.05, 4.69) is 41.9 Å². The number of aryl methyl sites for hydroxylation is 3. The van der Waals surface area contributed by atoms with Crippen LogP contribution in [0.5, 0.6) is 0 Å². The van der Waals surface area contributed by atoms with Gasteiger partial charge in [-0.15, -0.1) is 0 Å². The molecule has 4 aromatic rings. The Morgan fingerprint density at radius 2 is 1.85 bits per heavy atom. The number of carbonyl (C=O) groups excluding carboxylic acids is 2. The maximum atomic E-state index is 13.0. The second-order valence-corrected chi connectivity index (χ2v) is 8.83. The summed E-state index contributed by atoms with van der Waals surface area (Å²) in [6.45, 7) is 4.78. The van der Waals surface area contributed by atoms with Crippen molar-refractivity contribution in [3.63, 3.8) is 0 Å². The van der Waals surface area contributed by atoms with Gasteiger partial charge in [0.05, 0.1) is 40.5 Å². The summed E-state index contributed by atoms with van der Waals surface area (Å²) in [5, 5.41) is 18.4. The van der Waals surface area contributed by atoms with Crippen molar-refractivity contribution < 1.29 is 9.59 Å². The Morgan fingerprint density at radius 3 is 2.53 bits per heavy atom. The Bertz CT molecular complexity index is 1370. The van der Waals surface area contributed by atoms with Gasteiger partial charge >= 0.3 is 0 Å². The lowest BCUT2D eigenvalue weighted by atomic mass is 10.1. The Hall–Kier alpha value is -3.73. The maximum absolute atomic E-state index is 13.0. The molecule has 0 saturated carbocycles. The van der Waals surface area contributed by atoms with Crippen LogP contribution >= 0.6 is 15.9 Å². The zero-order chi connectivity index (χ0) is 24.4. The quantitative estimate of drug-likeness (QED) is 0.386. The molecule has 2 N–H and O–H groups in total. The molecule has 0 aliphatic heterocycles. The van der Waals surface area contributed by atoms with Gasteiger partial charge in [-0.25, -0.2) is 0 Å². The molecule has 1 aromatic carbocycles. The largest absolute Gasteiger partial charge is 0.346 e. The highest BCUT2D eigenvalue weighted by Crippen LogP contribution is 2.21. The van der Waals surface area contributed by atoms with Crippen LogP contribution in [0.3, 0.4) is 0 Å². The fraction of sp³-hybridized carbons (Fsp3) is 0.261. The summed E-state index contributed by atoms with van der Waals surface area (Å²) in [7, 11) is 3.47. The van der Waals surface area contributed by atoms with E-state index in [1.165, 1.54) is 10.9 Å². The average molecular weight is 525 g/mol.